The fourth-order valence-corrected chi connectivity index (χ4v) is 0.663. The first-order valence-corrected chi connectivity index (χ1v) is 3.98. The van der Waals surface area contributed by atoms with Crippen molar-refractivity contribution in [1.82, 2.24) is 0 Å². The zero-order valence-electron chi connectivity index (χ0n) is 7.54. The molecule has 4 nitrogen and oxygen atoms in total. The van der Waals surface area contributed by atoms with E-state index < -0.39 is 6.10 Å². The average molecular weight is 199 g/mol. The van der Waals surface area contributed by atoms with Crippen molar-refractivity contribution in [2.24, 2.45) is 0 Å². The quantitative estimate of drug-likeness (QED) is 0.541. The van der Waals surface area contributed by atoms with E-state index in [2.05, 4.69) is 9.18 Å². The van der Waals surface area contributed by atoms with Crippen LogP contribution in [0.3, 0.4) is 0 Å². The van der Waals surface area contributed by atoms with Gasteiger partial charge in [-0.3, -0.25) is 9.55 Å². The molecule has 12 heavy (non-hydrogen) atoms. The monoisotopic (exact) mass is 198 g/mol. The Morgan fingerprint density at radius 1 is 1.33 bits per heavy atom. The van der Waals surface area contributed by atoms with Crippen LogP contribution in [0.4, 0.5) is 0 Å². The molecule has 0 rings (SSSR count). The van der Waals surface area contributed by atoms with Crippen LogP contribution in [0, 0.1) is 0 Å². The summed E-state index contributed by atoms with van der Waals surface area (Å²) in [7, 11) is 0. The highest BCUT2D eigenvalue weighted by Crippen LogP contribution is 2.08. The van der Waals surface area contributed by atoms with Crippen LogP contribution in [0.15, 0.2) is 0 Å². The van der Waals surface area contributed by atoms with E-state index in [4.69, 9.17) is 21.9 Å². The molecule has 1 unspecified atom stereocenters. The predicted octanol–water partition coefficient (Wildman–Crippen LogP) is 1.83. The molecule has 0 amide bonds. The van der Waals surface area contributed by atoms with Gasteiger partial charge in [0.1, 0.15) is 6.10 Å². The Kier molecular flexibility index (Phi) is 5.78. The van der Waals surface area contributed by atoms with Gasteiger partial charge in [-0.25, -0.2) is 4.89 Å². The summed E-state index contributed by atoms with van der Waals surface area (Å²) in [5.74, 6) is 0. The molecular formula is C7H15ClO4. The normalized spacial score (nSPS) is 14.8. The molecule has 0 aliphatic carbocycles. The van der Waals surface area contributed by atoms with Crippen LogP contribution >= 0.6 is 11.9 Å². The fraction of sp³-hybridized carbons (Fsp3) is 1.00. The highest BCUT2D eigenvalue weighted by atomic mass is 35.5. The largest absolute Gasteiger partial charge is 0.373 e. The molecule has 0 aromatic carbocycles. The summed E-state index contributed by atoms with van der Waals surface area (Å²) in [4.78, 5) is 4.05. The second-order valence-electron chi connectivity index (χ2n) is 3.43. The minimum atomic E-state index is -0.540. The van der Waals surface area contributed by atoms with Crippen molar-refractivity contribution in [3.63, 3.8) is 0 Å². The molecule has 0 saturated carbocycles. The smallest absolute Gasteiger partial charge is 0.141 e. The van der Waals surface area contributed by atoms with Gasteiger partial charge in [0.25, 0.3) is 0 Å². The summed E-state index contributed by atoms with van der Waals surface area (Å²) >= 11 is 4.98. The van der Waals surface area contributed by atoms with Gasteiger partial charge in [0, 0.05) is 0 Å². The summed E-state index contributed by atoms with van der Waals surface area (Å²) in [6.45, 7) is 6.05. The average Bonchev–Trinajstić information content (AvgIpc) is 1.96. The van der Waals surface area contributed by atoms with Crippen molar-refractivity contribution in [1.29, 1.82) is 0 Å². The third kappa shape index (κ3) is 6.82. The fourth-order valence-electron chi connectivity index (χ4n) is 0.522. The van der Waals surface area contributed by atoms with Gasteiger partial charge in [-0.1, -0.05) is 0 Å². The maximum absolute atomic E-state index is 8.34. The van der Waals surface area contributed by atoms with Crippen LogP contribution in [-0.2, 0) is 13.9 Å². The SMILES string of the molecule is CC(C)(C)OCC(COCl)OO. The van der Waals surface area contributed by atoms with Crippen LogP contribution in [0.1, 0.15) is 20.8 Å². The van der Waals surface area contributed by atoms with Gasteiger partial charge in [-0.15, -0.1) is 0 Å². The van der Waals surface area contributed by atoms with Crippen LogP contribution < -0.4 is 0 Å². The number of rotatable bonds is 5. The van der Waals surface area contributed by atoms with Gasteiger partial charge in [0.05, 0.1) is 30.7 Å². The lowest BCUT2D eigenvalue weighted by atomic mass is 10.2. The second-order valence-corrected chi connectivity index (χ2v) is 3.64. The Hall–Kier alpha value is 0.130. The molecule has 0 bridgehead atoms. The molecular weight excluding hydrogens is 184 g/mol. The van der Waals surface area contributed by atoms with Gasteiger partial charge in [0.15, 0.2) is 0 Å². The molecule has 1 atom stereocenters. The number of halogens is 1. The van der Waals surface area contributed by atoms with Crippen LogP contribution in [0.25, 0.3) is 0 Å². The molecule has 5 heteroatoms. The van der Waals surface area contributed by atoms with E-state index in [-0.39, 0.29) is 18.8 Å². The Morgan fingerprint density at radius 2 is 1.92 bits per heavy atom. The van der Waals surface area contributed by atoms with Crippen LogP contribution in [0.5, 0.6) is 0 Å². The van der Waals surface area contributed by atoms with Gasteiger partial charge in [-0.05, 0) is 20.8 Å². The van der Waals surface area contributed by atoms with Gasteiger partial charge in [-0.2, -0.15) is 0 Å². The molecule has 74 valence electrons. The first-order chi connectivity index (χ1) is 5.49. The van der Waals surface area contributed by atoms with Crippen molar-refractivity contribution < 1.29 is 19.2 Å². The van der Waals surface area contributed by atoms with Crippen molar-refractivity contribution in [3.05, 3.63) is 0 Å². The van der Waals surface area contributed by atoms with Gasteiger partial charge < -0.3 is 4.74 Å². The maximum Gasteiger partial charge on any atom is 0.141 e. The van der Waals surface area contributed by atoms with Crippen LogP contribution in [0.2, 0.25) is 0 Å². The first-order valence-electron chi connectivity index (χ1n) is 3.67. The van der Waals surface area contributed by atoms with Gasteiger partial charge >= 0.3 is 0 Å². The molecule has 0 aromatic heterocycles. The molecule has 0 aliphatic heterocycles. The molecule has 0 aliphatic rings. The minimum Gasteiger partial charge on any atom is -0.373 e. The number of hydrogen-bond acceptors (Lipinski definition) is 4. The number of hydrogen-bond donors (Lipinski definition) is 1. The zero-order valence-corrected chi connectivity index (χ0v) is 8.30. The second kappa shape index (κ2) is 5.72. The Labute approximate surface area is 77.5 Å². The minimum absolute atomic E-state index is 0.0914. The van der Waals surface area contributed by atoms with Crippen LogP contribution in [-0.4, -0.2) is 30.2 Å². The Morgan fingerprint density at radius 3 is 2.25 bits per heavy atom. The van der Waals surface area contributed by atoms with Crippen molar-refractivity contribution in [3.8, 4) is 0 Å². The van der Waals surface area contributed by atoms with Gasteiger partial charge in [0.2, 0.25) is 0 Å². The molecule has 0 heterocycles. The highest BCUT2D eigenvalue weighted by molar-refractivity contribution is 6.07. The van der Waals surface area contributed by atoms with E-state index in [1.807, 2.05) is 20.8 Å². The van der Waals surface area contributed by atoms with E-state index in [0.29, 0.717) is 0 Å². The zero-order chi connectivity index (χ0) is 9.61. The molecule has 0 aromatic rings. The third-order valence-electron chi connectivity index (χ3n) is 1.10. The first kappa shape index (κ1) is 12.1. The maximum atomic E-state index is 8.34. The predicted molar refractivity (Wildman–Crippen MR) is 45.0 cm³/mol. The summed E-state index contributed by atoms with van der Waals surface area (Å²) in [5, 5.41) is 8.34. The summed E-state index contributed by atoms with van der Waals surface area (Å²) in [6, 6.07) is 0. The van der Waals surface area contributed by atoms with Crippen molar-refractivity contribution in [2.45, 2.75) is 32.5 Å². The van der Waals surface area contributed by atoms with E-state index in [0.717, 1.165) is 0 Å². The van der Waals surface area contributed by atoms with E-state index in [9.17, 15) is 0 Å². The lowest BCUT2D eigenvalue weighted by molar-refractivity contribution is -0.295. The standard InChI is InChI=1S/C7H15ClO4/c1-7(2,3)10-4-6(12-9)5-11-8/h6,9H,4-5H2,1-3H3. The molecule has 0 radical (unpaired) electrons. The van der Waals surface area contributed by atoms with E-state index in [1.165, 1.54) is 0 Å². The van der Waals surface area contributed by atoms with Crippen molar-refractivity contribution in [2.75, 3.05) is 13.2 Å². The lowest BCUT2D eigenvalue weighted by Crippen LogP contribution is -2.29. The van der Waals surface area contributed by atoms with Crippen molar-refractivity contribution >= 4 is 11.9 Å². The Bertz CT molecular complexity index is 112. The van der Waals surface area contributed by atoms with E-state index >= 15 is 0 Å². The molecule has 0 spiro atoms. The molecule has 0 saturated heterocycles. The third-order valence-corrected chi connectivity index (χ3v) is 1.23. The summed E-state index contributed by atoms with van der Waals surface area (Å²) in [6.07, 6.45) is -0.540. The summed E-state index contributed by atoms with van der Waals surface area (Å²) < 4.78 is 9.58. The highest BCUT2D eigenvalue weighted by Gasteiger charge is 2.16. The topological polar surface area (TPSA) is 47.9 Å². The molecule has 1 N–H and O–H groups in total. The van der Waals surface area contributed by atoms with E-state index in [1.54, 1.807) is 0 Å². The summed E-state index contributed by atoms with van der Waals surface area (Å²) in [5.41, 5.74) is -0.261. The lowest BCUT2D eigenvalue weighted by Gasteiger charge is -2.22. The Balaban J connectivity index is 3.58. The number of ether oxygens (including phenoxy) is 1. The molecule has 0 fully saturated rings.